The second-order valence-electron chi connectivity index (χ2n) is 5.81. The molecule has 0 aromatic carbocycles. The van der Waals surface area contributed by atoms with E-state index in [4.69, 9.17) is 14.6 Å². The monoisotopic (exact) mass is 299 g/mol. The summed E-state index contributed by atoms with van der Waals surface area (Å²) in [7, 11) is 0. The first-order valence-corrected chi connectivity index (χ1v) is 7.87. The fourth-order valence-electron chi connectivity index (χ4n) is 3.03. The van der Waals surface area contributed by atoms with Crippen molar-refractivity contribution in [2.75, 3.05) is 19.7 Å². The molecule has 6 nitrogen and oxygen atoms in total. The minimum Gasteiger partial charge on any atom is -0.481 e. The molecule has 2 atom stereocenters. The van der Waals surface area contributed by atoms with Crippen LogP contribution >= 0.6 is 0 Å². The first kappa shape index (κ1) is 16.2. The molecule has 0 unspecified atom stereocenters. The van der Waals surface area contributed by atoms with Crippen molar-refractivity contribution < 1.29 is 24.2 Å². The van der Waals surface area contributed by atoms with Crippen molar-refractivity contribution in [2.24, 2.45) is 0 Å². The van der Waals surface area contributed by atoms with Gasteiger partial charge in [-0.05, 0) is 19.3 Å². The Kier molecular flexibility index (Phi) is 5.99. The lowest BCUT2D eigenvalue weighted by Gasteiger charge is -2.35. The van der Waals surface area contributed by atoms with Crippen LogP contribution in [0.2, 0.25) is 0 Å². The van der Waals surface area contributed by atoms with E-state index in [2.05, 4.69) is 0 Å². The molecule has 6 heteroatoms. The molecule has 0 radical (unpaired) electrons. The first-order chi connectivity index (χ1) is 10.1. The SMILES string of the molecule is CC[C@H](OC1CCCC1)C(=O)N1CCO[C@@H](CC(=O)O)C1. The molecule has 2 aliphatic rings. The Hall–Kier alpha value is -1.14. The number of morpholine rings is 1. The van der Waals surface area contributed by atoms with Crippen LogP contribution in [-0.4, -0.2) is 59.9 Å². The minimum absolute atomic E-state index is 0.0249. The molecule has 2 fully saturated rings. The van der Waals surface area contributed by atoms with E-state index in [0.717, 1.165) is 12.8 Å². The smallest absolute Gasteiger partial charge is 0.306 e. The number of carboxylic acids is 1. The summed E-state index contributed by atoms with van der Waals surface area (Å²) in [5.41, 5.74) is 0. The fraction of sp³-hybridized carbons (Fsp3) is 0.867. The number of aliphatic carboxylic acids is 1. The highest BCUT2D eigenvalue weighted by Crippen LogP contribution is 2.24. The number of hydrogen-bond acceptors (Lipinski definition) is 4. The Labute approximate surface area is 125 Å². The number of amides is 1. The van der Waals surface area contributed by atoms with Crippen molar-refractivity contribution >= 4 is 11.9 Å². The quantitative estimate of drug-likeness (QED) is 0.803. The molecular weight excluding hydrogens is 274 g/mol. The number of rotatable bonds is 6. The number of carbonyl (C=O) groups excluding carboxylic acids is 1. The molecule has 0 aromatic heterocycles. The van der Waals surface area contributed by atoms with Crippen LogP contribution in [0.3, 0.4) is 0 Å². The van der Waals surface area contributed by atoms with Gasteiger partial charge in [0.2, 0.25) is 0 Å². The molecular formula is C15H25NO5. The van der Waals surface area contributed by atoms with E-state index < -0.39 is 18.2 Å². The standard InChI is InChI=1S/C15H25NO5/c1-2-13(21-11-5-3-4-6-11)15(19)16-7-8-20-12(10-16)9-14(17)18/h11-13H,2-10H2,1H3,(H,17,18)/t12-,13-/m0/s1. The van der Waals surface area contributed by atoms with Gasteiger partial charge in [0.15, 0.2) is 0 Å². The van der Waals surface area contributed by atoms with Gasteiger partial charge in [-0.15, -0.1) is 0 Å². The molecule has 2 rings (SSSR count). The lowest BCUT2D eigenvalue weighted by Crippen LogP contribution is -2.50. The van der Waals surface area contributed by atoms with Gasteiger partial charge in [-0.25, -0.2) is 0 Å². The highest BCUT2D eigenvalue weighted by Gasteiger charge is 2.31. The van der Waals surface area contributed by atoms with Gasteiger partial charge < -0.3 is 19.5 Å². The van der Waals surface area contributed by atoms with Gasteiger partial charge >= 0.3 is 5.97 Å². The Bertz CT molecular complexity index is 367. The predicted octanol–water partition coefficient (Wildman–Crippen LogP) is 1.43. The molecule has 1 amide bonds. The zero-order valence-electron chi connectivity index (χ0n) is 12.6. The summed E-state index contributed by atoms with van der Waals surface area (Å²) >= 11 is 0. The number of ether oxygens (including phenoxy) is 2. The molecule has 1 N–H and O–H groups in total. The first-order valence-electron chi connectivity index (χ1n) is 7.87. The molecule has 0 aromatic rings. The van der Waals surface area contributed by atoms with Gasteiger partial charge in [-0.1, -0.05) is 19.8 Å². The van der Waals surface area contributed by atoms with Gasteiger partial charge in [0.1, 0.15) is 6.10 Å². The average Bonchev–Trinajstić information content (AvgIpc) is 2.96. The van der Waals surface area contributed by atoms with Crippen LogP contribution in [0, 0.1) is 0 Å². The third kappa shape index (κ3) is 4.68. The molecule has 1 saturated heterocycles. The highest BCUT2D eigenvalue weighted by atomic mass is 16.5. The van der Waals surface area contributed by atoms with Gasteiger partial charge in [-0.2, -0.15) is 0 Å². The third-order valence-corrected chi connectivity index (χ3v) is 4.16. The van der Waals surface area contributed by atoms with Gasteiger partial charge in [0.25, 0.3) is 5.91 Å². The fourth-order valence-corrected chi connectivity index (χ4v) is 3.03. The zero-order valence-corrected chi connectivity index (χ0v) is 12.6. The van der Waals surface area contributed by atoms with Crippen LogP contribution in [0.15, 0.2) is 0 Å². The van der Waals surface area contributed by atoms with E-state index in [-0.39, 0.29) is 18.4 Å². The summed E-state index contributed by atoms with van der Waals surface area (Å²) in [5, 5.41) is 8.83. The third-order valence-electron chi connectivity index (χ3n) is 4.16. The Morgan fingerprint density at radius 1 is 1.38 bits per heavy atom. The highest BCUT2D eigenvalue weighted by molar-refractivity contribution is 5.81. The summed E-state index contributed by atoms with van der Waals surface area (Å²) < 4.78 is 11.3. The van der Waals surface area contributed by atoms with Crippen LogP contribution in [0.4, 0.5) is 0 Å². The molecule has 21 heavy (non-hydrogen) atoms. The second kappa shape index (κ2) is 7.75. The van der Waals surface area contributed by atoms with Crippen molar-refractivity contribution in [2.45, 2.75) is 63.8 Å². The topological polar surface area (TPSA) is 76.1 Å². The summed E-state index contributed by atoms with van der Waals surface area (Å²) in [6, 6.07) is 0. The van der Waals surface area contributed by atoms with Crippen LogP contribution in [0.25, 0.3) is 0 Å². The van der Waals surface area contributed by atoms with E-state index in [9.17, 15) is 9.59 Å². The van der Waals surface area contributed by atoms with Crippen molar-refractivity contribution in [1.29, 1.82) is 0 Å². The largest absolute Gasteiger partial charge is 0.481 e. The van der Waals surface area contributed by atoms with Crippen LogP contribution in [-0.2, 0) is 19.1 Å². The van der Waals surface area contributed by atoms with Gasteiger partial charge in [0, 0.05) is 13.1 Å². The summed E-state index contributed by atoms with van der Waals surface area (Å²) in [6.07, 6.45) is 4.39. The van der Waals surface area contributed by atoms with Crippen molar-refractivity contribution in [3.05, 3.63) is 0 Å². The molecule has 1 aliphatic heterocycles. The lowest BCUT2D eigenvalue weighted by atomic mass is 10.1. The van der Waals surface area contributed by atoms with E-state index in [1.807, 2.05) is 6.92 Å². The van der Waals surface area contributed by atoms with Crippen LogP contribution in [0.1, 0.15) is 45.4 Å². The number of nitrogens with zero attached hydrogens (tertiary/aromatic N) is 1. The zero-order chi connectivity index (χ0) is 15.2. The maximum absolute atomic E-state index is 12.5. The maximum atomic E-state index is 12.5. The van der Waals surface area contributed by atoms with E-state index in [1.54, 1.807) is 4.90 Å². The molecule has 1 saturated carbocycles. The second-order valence-corrected chi connectivity index (χ2v) is 5.81. The van der Waals surface area contributed by atoms with Gasteiger partial charge in [-0.3, -0.25) is 9.59 Å². The molecule has 1 heterocycles. The van der Waals surface area contributed by atoms with Crippen LogP contribution < -0.4 is 0 Å². The Morgan fingerprint density at radius 3 is 2.71 bits per heavy atom. The molecule has 120 valence electrons. The maximum Gasteiger partial charge on any atom is 0.306 e. The molecule has 0 bridgehead atoms. The van der Waals surface area contributed by atoms with Crippen molar-refractivity contribution in [3.8, 4) is 0 Å². The van der Waals surface area contributed by atoms with Gasteiger partial charge in [0.05, 0.1) is 25.2 Å². The minimum atomic E-state index is -0.899. The average molecular weight is 299 g/mol. The Morgan fingerprint density at radius 2 is 2.10 bits per heavy atom. The van der Waals surface area contributed by atoms with Crippen molar-refractivity contribution in [1.82, 2.24) is 4.90 Å². The van der Waals surface area contributed by atoms with Crippen LogP contribution in [0.5, 0.6) is 0 Å². The summed E-state index contributed by atoms with van der Waals surface area (Å²) in [4.78, 5) is 25.0. The molecule has 0 spiro atoms. The lowest BCUT2D eigenvalue weighted by molar-refractivity contribution is -0.157. The normalized spacial score (nSPS) is 25.0. The van der Waals surface area contributed by atoms with Crippen molar-refractivity contribution in [3.63, 3.8) is 0 Å². The summed E-state index contributed by atoms with van der Waals surface area (Å²) in [6.45, 7) is 3.20. The Balaban J connectivity index is 1.88. The predicted molar refractivity (Wildman–Crippen MR) is 76.0 cm³/mol. The molecule has 1 aliphatic carbocycles. The van der Waals surface area contributed by atoms with E-state index in [0.29, 0.717) is 26.1 Å². The number of carbonyl (C=O) groups is 2. The number of carboxylic acid groups (broad SMARTS) is 1. The number of hydrogen-bond donors (Lipinski definition) is 1. The summed E-state index contributed by atoms with van der Waals surface area (Å²) in [5.74, 6) is -0.924. The van der Waals surface area contributed by atoms with E-state index >= 15 is 0 Å². The van der Waals surface area contributed by atoms with E-state index in [1.165, 1.54) is 12.8 Å².